The van der Waals surface area contributed by atoms with Gasteiger partial charge in [0, 0.05) is 6.54 Å². The van der Waals surface area contributed by atoms with Gasteiger partial charge in [0.05, 0.1) is 6.33 Å². The highest BCUT2D eigenvalue weighted by Crippen LogP contribution is 2.25. The molecule has 2 heterocycles. The van der Waals surface area contributed by atoms with Crippen molar-refractivity contribution in [1.29, 1.82) is 0 Å². The first kappa shape index (κ1) is 14.4. The van der Waals surface area contributed by atoms with Crippen LogP contribution in [0.3, 0.4) is 0 Å². The van der Waals surface area contributed by atoms with Crippen molar-refractivity contribution in [3.05, 3.63) is 46.0 Å². The first-order valence-electron chi connectivity index (χ1n) is 6.07. The predicted molar refractivity (Wildman–Crippen MR) is 78.4 cm³/mol. The van der Waals surface area contributed by atoms with Gasteiger partial charge in [0.2, 0.25) is 5.88 Å². The average Bonchev–Trinajstić information content (AvgIpc) is 2.44. The molecule has 106 valence electrons. The number of hydrogen-bond donors (Lipinski definition) is 3. The third kappa shape index (κ3) is 2.76. The highest BCUT2D eigenvalue weighted by atomic mass is 35.5. The molecule has 0 fully saturated rings. The van der Waals surface area contributed by atoms with Gasteiger partial charge in [-0.3, -0.25) is 4.79 Å². The van der Waals surface area contributed by atoms with Gasteiger partial charge >= 0.3 is 0 Å². The van der Waals surface area contributed by atoms with Crippen molar-refractivity contribution in [2.24, 2.45) is 0 Å². The Morgan fingerprint density at radius 2 is 2.15 bits per heavy atom. The van der Waals surface area contributed by atoms with Crippen molar-refractivity contribution in [1.82, 2.24) is 15.3 Å². The summed E-state index contributed by atoms with van der Waals surface area (Å²) in [4.78, 5) is 17.7. The van der Waals surface area contributed by atoms with Crippen LogP contribution in [0.1, 0.15) is 11.1 Å². The van der Waals surface area contributed by atoms with Crippen LogP contribution in [0, 0.1) is 0 Å². The van der Waals surface area contributed by atoms with Gasteiger partial charge in [-0.1, -0.05) is 6.07 Å². The number of aromatic amines is 1. The predicted octanol–water partition coefficient (Wildman–Crippen LogP) is 1.21. The summed E-state index contributed by atoms with van der Waals surface area (Å²) in [7, 11) is 0. The lowest BCUT2D eigenvalue weighted by molar-refractivity contribution is 0.461. The monoisotopic (exact) mass is 294 g/mol. The summed E-state index contributed by atoms with van der Waals surface area (Å²) in [6.45, 7) is 1.82. The van der Waals surface area contributed by atoms with Gasteiger partial charge < -0.3 is 20.8 Å². The molecule has 2 aromatic rings. The number of fused-ring (bicyclic) bond motifs is 1. The van der Waals surface area contributed by atoms with Gasteiger partial charge in [-0.15, -0.1) is 12.4 Å². The Balaban J connectivity index is 0.00000147. The summed E-state index contributed by atoms with van der Waals surface area (Å²) in [5.74, 6) is 0.764. The zero-order valence-corrected chi connectivity index (χ0v) is 11.5. The summed E-state index contributed by atoms with van der Waals surface area (Å²) in [6.07, 6.45) is 2.29. The van der Waals surface area contributed by atoms with E-state index in [1.54, 1.807) is 0 Å². The SMILES string of the molecule is Cl.Nc1c(Oc2ccc3c(c2)CNCC3)nc[nH]c1=O. The summed E-state index contributed by atoms with van der Waals surface area (Å²) in [6, 6.07) is 5.85. The zero-order chi connectivity index (χ0) is 13.2. The van der Waals surface area contributed by atoms with E-state index in [4.69, 9.17) is 10.5 Å². The van der Waals surface area contributed by atoms with Gasteiger partial charge in [-0.05, 0) is 36.2 Å². The van der Waals surface area contributed by atoms with E-state index in [9.17, 15) is 4.79 Å². The van der Waals surface area contributed by atoms with Crippen molar-refractivity contribution >= 4 is 18.1 Å². The highest BCUT2D eigenvalue weighted by Gasteiger charge is 2.11. The van der Waals surface area contributed by atoms with Crippen molar-refractivity contribution in [2.45, 2.75) is 13.0 Å². The largest absolute Gasteiger partial charge is 0.437 e. The molecule has 0 amide bonds. The van der Waals surface area contributed by atoms with Crippen LogP contribution in [0.15, 0.2) is 29.3 Å². The molecule has 6 nitrogen and oxygen atoms in total. The fourth-order valence-corrected chi connectivity index (χ4v) is 2.11. The molecule has 1 aliphatic rings. The average molecular weight is 295 g/mol. The Kier molecular flexibility index (Phi) is 4.26. The van der Waals surface area contributed by atoms with Crippen LogP contribution in [0.5, 0.6) is 11.6 Å². The Bertz CT molecular complexity index is 672. The zero-order valence-electron chi connectivity index (χ0n) is 10.7. The van der Waals surface area contributed by atoms with E-state index in [-0.39, 0.29) is 24.0 Å². The summed E-state index contributed by atoms with van der Waals surface area (Å²) < 4.78 is 5.57. The molecule has 3 rings (SSSR count). The number of nitrogens with two attached hydrogens (primary N) is 1. The summed E-state index contributed by atoms with van der Waals surface area (Å²) >= 11 is 0. The molecule has 1 aromatic carbocycles. The Morgan fingerprint density at radius 1 is 1.30 bits per heavy atom. The van der Waals surface area contributed by atoms with Gasteiger partial charge in [0.25, 0.3) is 5.56 Å². The van der Waals surface area contributed by atoms with Crippen molar-refractivity contribution in [3.8, 4) is 11.6 Å². The topological polar surface area (TPSA) is 93.0 Å². The fraction of sp³-hybridized carbons (Fsp3) is 0.231. The normalized spacial score (nSPS) is 13.2. The molecule has 1 aromatic heterocycles. The molecule has 0 unspecified atom stereocenters. The molecule has 0 bridgehead atoms. The lowest BCUT2D eigenvalue weighted by Gasteiger charge is -2.17. The number of hydrogen-bond acceptors (Lipinski definition) is 5. The van der Waals surface area contributed by atoms with Crippen LogP contribution in [0.4, 0.5) is 5.69 Å². The third-order valence-electron chi connectivity index (χ3n) is 3.13. The summed E-state index contributed by atoms with van der Waals surface area (Å²) in [5.41, 5.74) is 7.73. The second-order valence-electron chi connectivity index (χ2n) is 4.41. The van der Waals surface area contributed by atoms with Crippen molar-refractivity contribution < 1.29 is 4.74 Å². The van der Waals surface area contributed by atoms with Gasteiger partial charge in [0.15, 0.2) is 5.69 Å². The number of nitrogens with one attached hydrogen (secondary N) is 2. The molecule has 0 saturated carbocycles. The van der Waals surface area contributed by atoms with Gasteiger partial charge in [-0.2, -0.15) is 0 Å². The van der Waals surface area contributed by atoms with E-state index in [2.05, 4.69) is 15.3 Å². The lowest BCUT2D eigenvalue weighted by atomic mass is 10.0. The minimum Gasteiger partial charge on any atom is -0.437 e. The highest BCUT2D eigenvalue weighted by molar-refractivity contribution is 5.85. The first-order valence-corrected chi connectivity index (χ1v) is 6.07. The number of H-pyrrole nitrogens is 1. The molecular weight excluding hydrogens is 280 g/mol. The maximum atomic E-state index is 11.4. The molecular formula is C13H15ClN4O2. The minimum absolute atomic E-state index is 0. The van der Waals surface area contributed by atoms with Gasteiger partial charge in [-0.25, -0.2) is 4.98 Å². The Labute approximate surface area is 121 Å². The Hall–Kier alpha value is -2.05. The van der Waals surface area contributed by atoms with E-state index in [0.29, 0.717) is 5.75 Å². The molecule has 0 atom stereocenters. The number of nitrogen functional groups attached to an aromatic ring is 1. The number of benzene rings is 1. The number of nitrogens with zero attached hydrogens (tertiary/aromatic N) is 1. The van der Waals surface area contributed by atoms with Crippen LogP contribution < -0.4 is 21.3 Å². The van der Waals surface area contributed by atoms with Crippen LogP contribution in [-0.4, -0.2) is 16.5 Å². The molecule has 7 heteroatoms. The van der Waals surface area contributed by atoms with Crippen LogP contribution in [-0.2, 0) is 13.0 Å². The van der Waals surface area contributed by atoms with Crippen LogP contribution >= 0.6 is 12.4 Å². The first-order chi connectivity index (χ1) is 9.24. The molecule has 0 spiro atoms. The van der Waals surface area contributed by atoms with Crippen molar-refractivity contribution in [2.75, 3.05) is 12.3 Å². The standard InChI is InChI=1S/C13H14N4O2.ClH/c14-11-12(18)16-7-17-13(11)19-10-2-1-8-3-4-15-6-9(8)5-10;/h1-2,5,7,15H,3-4,6,14H2,(H,16,17,18);1H. The molecule has 20 heavy (non-hydrogen) atoms. The summed E-state index contributed by atoms with van der Waals surface area (Å²) in [5, 5.41) is 3.30. The number of ether oxygens (including phenoxy) is 1. The van der Waals surface area contributed by atoms with Crippen molar-refractivity contribution in [3.63, 3.8) is 0 Å². The van der Waals surface area contributed by atoms with E-state index < -0.39 is 5.56 Å². The second kappa shape index (κ2) is 5.94. The van der Waals surface area contributed by atoms with Gasteiger partial charge in [0.1, 0.15) is 5.75 Å². The number of halogens is 1. The third-order valence-corrected chi connectivity index (χ3v) is 3.13. The smallest absolute Gasteiger partial charge is 0.277 e. The fourth-order valence-electron chi connectivity index (χ4n) is 2.11. The Morgan fingerprint density at radius 3 is 3.00 bits per heavy atom. The molecule has 0 aliphatic carbocycles. The number of anilines is 1. The number of aromatic nitrogens is 2. The quantitative estimate of drug-likeness (QED) is 0.774. The van der Waals surface area contributed by atoms with Crippen LogP contribution in [0.25, 0.3) is 0 Å². The van der Waals surface area contributed by atoms with Crippen LogP contribution in [0.2, 0.25) is 0 Å². The number of rotatable bonds is 2. The maximum absolute atomic E-state index is 11.4. The van der Waals surface area contributed by atoms with E-state index in [1.165, 1.54) is 17.5 Å². The maximum Gasteiger partial charge on any atom is 0.277 e. The minimum atomic E-state index is -0.398. The van der Waals surface area contributed by atoms with E-state index in [1.807, 2.05) is 18.2 Å². The molecule has 1 aliphatic heterocycles. The molecule has 0 radical (unpaired) electrons. The lowest BCUT2D eigenvalue weighted by Crippen LogP contribution is -2.23. The second-order valence-corrected chi connectivity index (χ2v) is 4.41. The van der Waals surface area contributed by atoms with E-state index >= 15 is 0 Å². The molecule has 4 N–H and O–H groups in total. The molecule has 0 saturated heterocycles. The van der Waals surface area contributed by atoms with E-state index in [0.717, 1.165) is 19.5 Å².